The topological polar surface area (TPSA) is 66.5 Å². The maximum atomic E-state index is 13.0. The summed E-state index contributed by atoms with van der Waals surface area (Å²) in [6.07, 6.45) is 2.41. The Morgan fingerprint density at radius 2 is 2.29 bits per heavy atom. The quantitative estimate of drug-likeness (QED) is 0.745. The molecule has 1 fully saturated rings. The van der Waals surface area contributed by atoms with Crippen LogP contribution in [0, 0.1) is 0 Å². The maximum absolute atomic E-state index is 13.0. The first-order valence-corrected chi connectivity index (χ1v) is 7.39. The highest BCUT2D eigenvalue weighted by Crippen LogP contribution is 2.14. The van der Waals surface area contributed by atoms with Crippen LogP contribution in [0.3, 0.4) is 0 Å². The summed E-state index contributed by atoms with van der Waals surface area (Å²) < 4.78 is 35.4. The Kier molecular flexibility index (Phi) is 3.37. The van der Waals surface area contributed by atoms with Crippen molar-refractivity contribution in [1.29, 1.82) is 0 Å². The third-order valence-electron chi connectivity index (χ3n) is 2.95. The average Bonchev–Trinajstić information content (AvgIpc) is 2.58. The molecule has 1 N–H and O–H groups in total. The number of hydrogen-bond donors (Lipinski definition) is 1. The molecule has 0 unspecified atom stereocenters. The lowest BCUT2D eigenvalue weighted by Gasteiger charge is -2.26. The van der Waals surface area contributed by atoms with Gasteiger partial charge in [-0.2, -0.15) is 0 Å². The smallest absolute Gasteiger partial charge is 0.318 e. The van der Waals surface area contributed by atoms with E-state index in [9.17, 15) is 17.6 Å². The minimum Gasteiger partial charge on any atom is -0.334 e. The molecule has 0 aliphatic carbocycles. The molecule has 0 radical (unpaired) electrons. The van der Waals surface area contributed by atoms with Crippen LogP contribution in [0.25, 0.3) is 0 Å². The van der Waals surface area contributed by atoms with Crippen LogP contribution in [-0.2, 0) is 9.84 Å². The van der Waals surface area contributed by atoms with Gasteiger partial charge in [-0.15, -0.1) is 0 Å². The van der Waals surface area contributed by atoms with E-state index in [1.807, 2.05) is 0 Å². The summed E-state index contributed by atoms with van der Waals surface area (Å²) in [5.41, 5.74) is 0. The van der Waals surface area contributed by atoms with Crippen LogP contribution in [0.4, 0.5) is 9.18 Å². The predicted molar refractivity (Wildman–Crippen MR) is 61.0 cm³/mol. The first-order chi connectivity index (χ1) is 7.96. The summed E-state index contributed by atoms with van der Waals surface area (Å²) >= 11 is 0. The fourth-order valence-electron chi connectivity index (χ4n) is 2.05. The van der Waals surface area contributed by atoms with E-state index in [2.05, 4.69) is 5.32 Å². The van der Waals surface area contributed by atoms with Gasteiger partial charge in [0.2, 0.25) is 0 Å². The van der Waals surface area contributed by atoms with E-state index in [1.54, 1.807) is 0 Å². The lowest BCUT2D eigenvalue weighted by atomic mass is 10.2. The number of nitrogens with zero attached hydrogens (tertiary/aromatic N) is 1. The van der Waals surface area contributed by atoms with E-state index in [0.29, 0.717) is 19.4 Å². The second-order valence-corrected chi connectivity index (χ2v) is 6.64. The molecule has 1 atom stereocenters. The molecule has 0 aromatic carbocycles. The standard InChI is InChI=1S/C10H15FN2O3S/c11-8-2-1-4-13(6-8)10(14)12-9-3-5-17(15,16)7-9/h2,9H,1,3-7H2,(H,12,14)/t9-/m1/s1. The van der Waals surface area contributed by atoms with E-state index in [1.165, 1.54) is 11.0 Å². The molecule has 5 nitrogen and oxygen atoms in total. The number of carbonyl (C=O) groups is 1. The Morgan fingerprint density at radius 1 is 1.53 bits per heavy atom. The molecule has 0 aromatic rings. The van der Waals surface area contributed by atoms with Crippen LogP contribution in [0.2, 0.25) is 0 Å². The molecule has 0 saturated carbocycles. The van der Waals surface area contributed by atoms with Gasteiger partial charge in [0, 0.05) is 12.6 Å². The van der Waals surface area contributed by atoms with Gasteiger partial charge in [0.1, 0.15) is 5.83 Å². The Hall–Kier alpha value is -1.11. The van der Waals surface area contributed by atoms with Gasteiger partial charge in [0.15, 0.2) is 9.84 Å². The molecule has 2 aliphatic heterocycles. The van der Waals surface area contributed by atoms with Crippen molar-refractivity contribution in [3.63, 3.8) is 0 Å². The minimum atomic E-state index is -3.00. The Labute approximate surface area is 99.6 Å². The Bertz CT molecular complexity index is 446. The summed E-state index contributed by atoms with van der Waals surface area (Å²) in [6.45, 7) is 0.448. The third kappa shape index (κ3) is 3.18. The fraction of sp³-hybridized carbons (Fsp3) is 0.700. The van der Waals surface area contributed by atoms with E-state index < -0.39 is 9.84 Å². The van der Waals surface area contributed by atoms with E-state index in [4.69, 9.17) is 0 Å². The van der Waals surface area contributed by atoms with Gasteiger partial charge in [0.25, 0.3) is 0 Å². The lowest BCUT2D eigenvalue weighted by molar-refractivity contribution is 0.193. The molecule has 7 heteroatoms. The molecule has 17 heavy (non-hydrogen) atoms. The van der Waals surface area contributed by atoms with Crippen LogP contribution >= 0.6 is 0 Å². The SMILES string of the molecule is O=C(N[C@@H]1CCS(=O)(=O)C1)N1CCC=C(F)C1. The Morgan fingerprint density at radius 3 is 2.88 bits per heavy atom. The first kappa shape index (κ1) is 12.3. The van der Waals surface area contributed by atoms with Crippen molar-refractivity contribution < 1.29 is 17.6 Å². The van der Waals surface area contributed by atoms with E-state index in [0.717, 1.165) is 0 Å². The number of nitrogens with one attached hydrogen (secondary N) is 1. The average molecular weight is 262 g/mol. The van der Waals surface area contributed by atoms with Crippen LogP contribution in [0.15, 0.2) is 11.9 Å². The summed E-state index contributed by atoms with van der Waals surface area (Å²) in [4.78, 5) is 13.1. The maximum Gasteiger partial charge on any atom is 0.318 e. The van der Waals surface area contributed by atoms with Gasteiger partial charge < -0.3 is 10.2 Å². The molecule has 2 aliphatic rings. The monoisotopic (exact) mass is 262 g/mol. The molecule has 0 spiro atoms. The van der Waals surface area contributed by atoms with Crippen LogP contribution < -0.4 is 5.32 Å². The van der Waals surface area contributed by atoms with Crippen molar-refractivity contribution >= 4 is 15.9 Å². The largest absolute Gasteiger partial charge is 0.334 e. The van der Waals surface area contributed by atoms with Crippen molar-refractivity contribution in [1.82, 2.24) is 10.2 Å². The molecular formula is C10H15FN2O3S. The second-order valence-electron chi connectivity index (χ2n) is 4.41. The number of urea groups is 1. The third-order valence-corrected chi connectivity index (χ3v) is 4.72. The number of halogens is 1. The number of amides is 2. The second kappa shape index (κ2) is 4.64. The predicted octanol–water partition coefficient (Wildman–Crippen LogP) is 0.442. The lowest BCUT2D eigenvalue weighted by Crippen LogP contribution is -2.47. The number of rotatable bonds is 1. The highest BCUT2D eigenvalue weighted by molar-refractivity contribution is 7.91. The zero-order chi connectivity index (χ0) is 12.5. The van der Waals surface area contributed by atoms with Gasteiger partial charge in [-0.05, 0) is 18.9 Å². The zero-order valence-corrected chi connectivity index (χ0v) is 10.2. The van der Waals surface area contributed by atoms with Gasteiger partial charge >= 0.3 is 6.03 Å². The van der Waals surface area contributed by atoms with Crippen LogP contribution in [0.1, 0.15) is 12.8 Å². The fourth-order valence-corrected chi connectivity index (χ4v) is 3.72. The highest BCUT2D eigenvalue weighted by Gasteiger charge is 2.30. The molecule has 0 bridgehead atoms. The highest BCUT2D eigenvalue weighted by atomic mass is 32.2. The van der Waals surface area contributed by atoms with Crippen LogP contribution in [0.5, 0.6) is 0 Å². The summed E-state index contributed by atoms with van der Waals surface area (Å²) in [7, 11) is -3.00. The molecule has 1 saturated heterocycles. The summed E-state index contributed by atoms with van der Waals surface area (Å²) in [5, 5.41) is 2.64. The summed E-state index contributed by atoms with van der Waals surface area (Å²) in [6, 6.07) is -0.711. The van der Waals surface area contributed by atoms with Crippen molar-refractivity contribution in [2.45, 2.75) is 18.9 Å². The molecular weight excluding hydrogens is 247 g/mol. The number of carbonyl (C=O) groups excluding carboxylic acids is 1. The molecule has 2 heterocycles. The number of sulfone groups is 1. The van der Waals surface area contributed by atoms with E-state index >= 15 is 0 Å². The van der Waals surface area contributed by atoms with Gasteiger partial charge in [-0.25, -0.2) is 17.6 Å². The minimum absolute atomic E-state index is 0.00903. The van der Waals surface area contributed by atoms with Gasteiger partial charge in [-0.3, -0.25) is 0 Å². The van der Waals surface area contributed by atoms with Crippen molar-refractivity contribution in [2.24, 2.45) is 0 Å². The molecule has 96 valence electrons. The van der Waals surface area contributed by atoms with Crippen LogP contribution in [-0.4, -0.2) is 50.0 Å². The van der Waals surface area contributed by atoms with Crippen molar-refractivity contribution in [3.8, 4) is 0 Å². The zero-order valence-electron chi connectivity index (χ0n) is 9.36. The molecule has 2 amide bonds. The molecule has 0 aromatic heterocycles. The summed E-state index contributed by atoms with van der Waals surface area (Å²) in [5.74, 6) is -0.206. The Balaban J connectivity index is 1.88. The van der Waals surface area contributed by atoms with E-state index in [-0.39, 0.29) is 36.0 Å². The normalized spacial score (nSPS) is 27.7. The van der Waals surface area contributed by atoms with Crippen molar-refractivity contribution in [2.75, 3.05) is 24.6 Å². The number of hydrogen-bond acceptors (Lipinski definition) is 3. The van der Waals surface area contributed by atoms with Crippen molar-refractivity contribution in [3.05, 3.63) is 11.9 Å². The first-order valence-electron chi connectivity index (χ1n) is 5.57. The van der Waals surface area contributed by atoms with Gasteiger partial charge in [0.05, 0.1) is 18.1 Å². The molecule has 2 rings (SSSR count). The van der Waals surface area contributed by atoms with Gasteiger partial charge in [-0.1, -0.05) is 0 Å².